The van der Waals surface area contributed by atoms with Crippen LogP contribution in [-0.4, -0.2) is 25.2 Å². The minimum Gasteiger partial charge on any atom is -0.465 e. The van der Waals surface area contributed by atoms with Crippen LogP contribution in [0.1, 0.15) is 40.5 Å². The molecule has 17 heavy (non-hydrogen) atoms. The van der Waals surface area contributed by atoms with Gasteiger partial charge < -0.3 is 9.47 Å². The van der Waals surface area contributed by atoms with Gasteiger partial charge in [0.25, 0.3) is 0 Å². The summed E-state index contributed by atoms with van der Waals surface area (Å²) in [5, 5.41) is 0. The predicted molar refractivity (Wildman–Crippen MR) is 65.4 cm³/mol. The summed E-state index contributed by atoms with van der Waals surface area (Å²) in [5.41, 5.74) is -0.451. The third-order valence-electron chi connectivity index (χ3n) is 2.56. The highest BCUT2D eigenvalue weighted by atomic mass is 16.6. The Morgan fingerprint density at radius 3 is 1.76 bits per heavy atom. The first-order valence-corrected chi connectivity index (χ1v) is 5.93. The van der Waals surface area contributed by atoms with Gasteiger partial charge in [0, 0.05) is 0 Å². The molecule has 98 valence electrons. The Balaban J connectivity index is 4.98. The van der Waals surface area contributed by atoms with Crippen molar-refractivity contribution in [2.75, 3.05) is 13.2 Å². The van der Waals surface area contributed by atoms with Crippen molar-refractivity contribution in [1.82, 2.24) is 0 Å². The Kier molecular flexibility index (Phi) is 6.54. The van der Waals surface area contributed by atoms with Crippen LogP contribution in [0.2, 0.25) is 0 Å². The first kappa shape index (κ1) is 15.7. The van der Waals surface area contributed by atoms with E-state index in [-0.39, 0.29) is 19.6 Å². The van der Waals surface area contributed by atoms with E-state index < -0.39 is 17.4 Å². The fraction of sp³-hybridized carbons (Fsp3) is 0.692. The number of hydrogen-bond acceptors (Lipinski definition) is 4. The third kappa shape index (κ3) is 4.21. The molecule has 0 bridgehead atoms. The lowest BCUT2D eigenvalue weighted by atomic mass is 9.83. The van der Waals surface area contributed by atoms with Crippen LogP contribution in [0.15, 0.2) is 12.2 Å². The van der Waals surface area contributed by atoms with E-state index in [1.165, 1.54) is 0 Å². The highest BCUT2D eigenvalue weighted by Gasteiger charge is 2.44. The molecular formula is C13H22O4. The Bertz CT molecular complexity index is 276. The van der Waals surface area contributed by atoms with Crippen molar-refractivity contribution < 1.29 is 19.1 Å². The summed E-state index contributed by atoms with van der Waals surface area (Å²) in [7, 11) is 0. The fourth-order valence-corrected chi connectivity index (χ4v) is 1.43. The van der Waals surface area contributed by atoms with Crippen LogP contribution in [0.3, 0.4) is 0 Å². The molecule has 0 fully saturated rings. The van der Waals surface area contributed by atoms with Crippen LogP contribution in [0, 0.1) is 5.41 Å². The molecule has 0 aliphatic carbocycles. The minimum atomic E-state index is -1.28. The van der Waals surface area contributed by atoms with Crippen LogP contribution >= 0.6 is 0 Å². The van der Waals surface area contributed by atoms with Gasteiger partial charge in [-0.05, 0) is 33.6 Å². The molecule has 0 heterocycles. The van der Waals surface area contributed by atoms with Crippen molar-refractivity contribution in [3.05, 3.63) is 12.2 Å². The zero-order valence-corrected chi connectivity index (χ0v) is 11.2. The highest BCUT2D eigenvalue weighted by Crippen LogP contribution is 2.30. The molecule has 0 rings (SSSR count). The van der Waals surface area contributed by atoms with Crippen LogP contribution in [0.4, 0.5) is 0 Å². The smallest absolute Gasteiger partial charge is 0.323 e. The summed E-state index contributed by atoms with van der Waals surface area (Å²) in [6, 6.07) is 0. The van der Waals surface area contributed by atoms with E-state index in [1.807, 2.05) is 6.92 Å². The molecule has 0 amide bonds. The summed E-state index contributed by atoms with van der Waals surface area (Å²) < 4.78 is 9.88. The van der Waals surface area contributed by atoms with E-state index in [0.717, 1.165) is 5.57 Å². The van der Waals surface area contributed by atoms with Gasteiger partial charge in [0.1, 0.15) is 0 Å². The molecule has 0 aliphatic heterocycles. The Morgan fingerprint density at radius 1 is 1.06 bits per heavy atom. The molecule has 4 heteroatoms. The van der Waals surface area contributed by atoms with Gasteiger partial charge in [0.05, 0.1) is 13.2 Å². The van der Waals surface area contributed by atoms with E-state index >= 15 is 0 Å². The maximum absolute atomic E-state index is 11.9. The minimum absolute atomic E-state index is 0.242. The largest absolute Gasteiger partial charge is 0.465 e. The molecule has 0 aromatic rings. The quantitative estimate of drug-likeness (QED) is 0.391. The maximum Gasteiger partial charge on any atom is 0.323 e. The van der Waals surface area contributed by atoms with Gasteiger partial charge in [-0.15, -0.1) is 0 Å². The Hall–Kier alpha value is -1.32. The second-order valence-electron chi connectivity index (χ2n) is 4.05. The molecule has 0 aromatic heterocycles. The number of ether oxygens (including phenoxy) is 2. The van der Waals surface area contributed by atoms with E-state index in [1.54, 1.807) is 20.8 Å². The molecule has 4 nitrogen and oxygen atoms in total. The van der Waals surface area contributed by atoms with Crippen molar-refractivity contribution in [2.24, 2.45) is 5.41 Å². The molecule has 0 saturated heterocycles. The van der Waals surface area contributed by atoms with Crippen molar-refractivity contribution in [1.29, 1.82) is 0 Å². The average Bonchev–Trinajstić information content (AvgIpc) is 2.29. The fourth-order valence-electron chi connectivity index (χ4n) is 1.43. The predicted octanol–water partition coefficient (Wildman–Crippen LogP) is 2.48. The topological polar surface area (TPSA) is 52.6 Å². The second kappa shape index (κ2) is 7.09. The third-order valence-corrected chi connectivity index (χ3v) is 2.56. The zero-order valence-electron chi connectivity index (χ0n) is 11.2. The number of rotatable bonds is 7. The molecule has 0 unspecified atom stereocenters. The van der Waals surface area contributed by atoms with Crippen LogP contribution < -0.4 is 0 Å². The molecule has 0 saturated carbocycles. The van der Waals surface area contributed by atoms with Gasteiger partial charge in [-0.1, -0.05) is 19.1 Å². The van der Waals surface area contributed by atoms with Gasteiger partial charge in [-0.2, -0.15) is 0 Å². The molecular weight excluding hydrogens is 220 g/mol. The van der Waals surface area contributed by atoms with Crippen LogP contribution in [0.25, 0.3) is 0 Å². The first-order valence-electron chi connectivity index (χ1n) is 5.93. The SMILES string of the molecule is C=C(CC)CC(C)(C(=O)OCC)C(=O)OCC. The molecule has 0 spiro atoms. The lowest BCUT2D eigenvalue weighted by Gasteiger charge is -2.25. The molecule has 0 atom stereocenters. The number of carbonyl (C=O) groups is 2. The molecule has 0 radical (unpaired) electrons. The average molecular weight is 242 g/mol. The van der Waals surface area contributed by atoms with Gasteiger partial charge >= 0.3 is 11.9 Å². The van der Waals surface area contributed by atoms with Crippen molar-refractivity contribution in [3.8, 4) is 0 Å². The summed E-state index contributed by atoms with van der Waals surface area (Å²) in [6.45, 7) is 11.2. The number of esters is 2. The van der Waals surface area contributed by atoms with Gasteiger partial charge in [-0.3, -0.25) is 9.59 Å². The maximum atomic E-state index is 11.9. The van der Waals surface area contributed by atoms with Gasteiger partial charge in [0.2, 0.25) is 0 Å². The standard InChI is InChI=1S/C13H22O4/c1-6-10(4)9-13(5,11(14)16-7-2)12(15)17-8-3/h4,6-9H2,1-3,5H3. The molecule has 0 aromatic carbocycles. The lowest BCUT2D eigenvalue weighted by Crippen LogP contribution is -2.39. The second-order valence-corrected chi connectivity index (χ2v) is 4.05. The Morgan fingerprint density at radius 2 is 1.47 bits per heavy atom. The summed E-state index contributed by atoms with van der Waals surface area (Å²) in [4.78, 5) is 23.7. The van der Waals surface area contributed by atoms with E-state index in [4.69, 9.17) is 9.47 Å². The van der Waals surface area contributed by atoms with Crippen LogP contribution in [0.5, 0.6) is 0 Å². The van der Waals surface area contributed by atoms with Crippen LogP contribution in [-0.2, 0) is 19.1 Å². The van der Waals surface area contributed by atoms with E-state index in [0.29, 0.717) is 6.42 Å². The summed E-state index contributed by atoms with van der Waals surface area (Å²) in [5.74, 6) is -1.10. The van der Waals surface area contributed by atoms with Gasteiger partial charge in [0.15, 0.2) is 5.41 Å². The summed E-state index contributed by atoms with van der Waals surface area (Å²) in [6.07, 6.45) is 0.982. The van der Waals surface area contributed by atoms with Crippen molar-refractivity contribution >= 4 is 11.9 Å². The number of hydrogen-bond donors (Lipinski definition) is 0. The highest BCUT2D eigenvalue weighted by molar-refractivity contribution is 5.99. The summed E-state index contributed by atoms with van der Waals surface area (Å²) >= 11 is 0. The molecule has 0 N–H and O–H groups in total. The van der Waals surface area contributed by atoms with Gasteiger partial charge in [-0.25, -0.2) is 0 Å². The van der Waals surface area contributed by atoms with E-state index in [9.17, 15) is 9.59 Å². The van der Waals surface area contributed by atoms with Crippen molar-refractivity contribution in [2.45, 2.75) is 40.5 Å². The monoisotopic (exact) mass is 242 g/mol. The normalized spacial score (nSPS) is 10.8. The lowest BCUT2D eigenvalue weighted by molar-refractivity contribution is -0.170. The molecule has 0 aliphatic rings. The first-order chi connectivity index (χ1) is 7.92. The zero-order chi connectivity index (χ0) is 13.5. The van der Waals surface area contributed by atoms with E-state index in [2.05, 4.69) is 6.58 Å². The van der Waals surface area contributed by atoms with Crippen molar-refractivity contribution in [3.63, 3.8) is 0 Å². The Labute approximate surface area is 103 Å². The number of carbonyl (C=O) groups excluding carboxylic acids is 2. The number of allylic oxidation sites excluding steroid dienone is 1.